The molecule has 420 valence electrons. The second kappa shape index (κ2) is 60.7. The maximum Gasteiger partial charge on any atom is 0.306 e. The number of unbranched alkanes of at least 4 members (excludes halogenated alkanes) is 47. The lowest BCUT2D eigenvalue weighted by Crippen LogP contribution is -2.30. The fraction of sp³-hybridized carbons (Fsp3) is 0.923. The zero-order valence-corrected chi connectivity index (χ0v) is 48.3. The predicted molar refractivity (Wildman–Crippen MR) is 307 cm³/mol. The second-order valence-corrected chi connectivity index (χ2v) is 22.0. The van der Waals surface area contributed by atoms with E-state index >= 15 is 0 Å². The lowest BCUT2D eigenvalue weighted by atomic mass is 10.0. The molecule has 1 unspecified atom stereocenters. The topological polar surface area (TPSA) is 78.9 Å². The highest BCUT2D eigenvalue weighted by Crippen LogP contribution is 2.18. The van der Waals surface area contributed by atoms with Gasteiger partial charge in [0.05, 0.1) is 0 Å². The summed E-state index contributed by atoms with van der Waals surface area (Å²) in [6.07, 6.45) is 71.2. The Morgan fingerprint density at radius 2 is 0.465 bits per heavy atom. The molecule has 0 aromatic carbocycles. The zero-order valence-electron chi connectivity index (χ0n) is 48.3. The highest BCUT2D eigenvalue weighted by molar-refractivity contribution is 5.71. The Balaban J connectivity index is 4.02. The van der Waals surface area contributed by atoms with Crippen LogP contribution < -0.4 is 0 Å². The van der Waals surface area contributed by atoms with Gasteiger partial charge in [-0.15, -0.1) is 0 Å². The summed E-state index contributed by atoms with van der Waals surface area (Å²) in [5, 5.41) is 0. The monoisotopic (exact) mass is 1000 g/mol. The fourth-order valence-corrected chi connectivity index (χ4v) is 9.91. The smallest absolute Gasteiger partial charge is 0.306 e. The number of esters is 3. The number of hydrogen-bond donors (Lipinski definition) is 0. The molecule has 0 bridgehead atoms. The van der Waals surface area contributed by atoms with E-state index in [0.717, 1.165) is 57.8 Å². The van der Waals surface area contributed by atoms with Gasteiger partial charge in [-0.25, -0.2) is 0 Å². The first-order valence-corrected chi connectivity index (χ1v) is 32.2. The van der Waals surface area contributed by atoms with Gasteiger partial charge >= 0.3 is 17.9 Å². The molecule has 0 saturated carbocycles. The Bertz CT molecular complexity index is 1100. The molecule has 0 aliphatic rings. The summed E-state index contributed by atoms with van der Waals surface area (Å²) in [7, 11) is 0. The molecule has 0 aromatic rings. The van der Waals surface area contributed by atoms with Crippen molar-refractivity contribution in [3.8, 4) is 0 Å². The minimum atomic E-state index is -0.764. The highest BCUT2D eigenvalue weighted by atomic mass is 16.6. The first kappa shape index (κ1) is 69.2. The lowest BCUT2D eigenvalue weighted by molar-refractivity contribution is -0.167. The van der Waals surface area contributed by atoms with Crippen molar-refractivity contribution in [3.63, 3.8) is 0 Å². The van der Waals surface area contributed by atoms with Gasteiger partial charge in [0.15, 0.2) is 6.10 Å². The van der Waals surface area contributed by atoms with Crippen LogP contribution >= 0.6 is 0 Å². The summed E-state index contributed by atoms with van der Waals surface area (Å²) in [6, 6.07) is 0. The molecule has 0 rings (SSSR count). The van der Waals surface area contributed by atoms with Crippen LogP contribution in [0.5, 0.6) is 0 Å². The zero-order chi connectivity index (χ0) is 51.4. The van der Waals surface area contributed by atoms with Crippen molar-refractivity contribution < 1.29 is 28.6 Å². The number of carbonyl (C=O) groups is 3. The molecule has 0 fully saturated rings. The van der Waals surface area contributed by atoms with Gasteiger partial charge in [0.25, 0.3) is 0 Å². The van der Waals surface area contributed by atoms with E-state index in [2.05, 4.69) is 32.9 Å². The molecule has 0 heterocycles. The summed E-state index contributed by atoms with van der Waals surface area (Å²) < 4.78 is 16.8. The largest absolute Gasteiger partial charge is 0.462 e. The normalized spacial score (nSPS) is 12.0. The van der Waals surface area contributed by atoms with Crippen molar-refractivity contribution in [3.05, 3.63) is 12.2 Å². The average Bonchev–Trinajstić information content (AvgIpc) is 3.37. The van der Waals surface area contributed by atoms with Crippen LogP contribution in [0.3, 0.4) is 0 Å². The van der Waals surface area contributed by atoms with E-state index in [1.54, 1.807) is 0 Å². The van der Waals surface area contributed by atoms with Crippen LogP contribution in [0.1, 0.15) is 367 Å². The Morgan fingerprint density at radius 1 is 0.268 bits per heavy atom. The molecule has 6 heteroatoms. The van der Waals surface area contributed by atoms with E-state index in [-0.39, 0.29) is 31.1 Å². The van der Waals surface area contributed by atoms with Gasteiger partial charge in [-0.3, -0.25) is 14.4 Å². The molecule has 0 radical (unpaired) electrons. The Morgan fingerprint density at radius 3 is 0.704 bits per heavy atom. The van der Waals surface area contributed by atoms with Gasteiger partial charge in [-0.2, -0.15) is 0 Å². The molecule has 0 amide bonds. The van der Waals surface area contributed by atoms with Crippen LogP contribution in [-0.2, 0) is 28.6 Å². The van der Waals surface area contributed by atoms with Gasteiger partial charge in [0, 0.05) is 19.3 Å². The maximum atomic E-state index is 12.8. The van der Waals surface area contributed by atoms with Crippen LogP contribution in [0.4, 0.5) is 0 Å². The van der Waals surface area contributed by atoms with E-state index in [1.807, 2.05) is 0 Å². The summed E-state index contributed by atoms with van der Waals surface area (Å²) in [5.41, 5.74) is 0. The van der Waals surface area contributed by atoms with Gasteiger partial charge in [-0.1, -0.05) is 315 Å². The predicted octanol–water partition coefficient (Wildman–Crippen LogP) is 21.7. The third-order valence-electron chi connectivity index (χ3n) is 14.8. The summed E-state index contributed by atoms with van der Waals surface area (Å²) in [4.78, 5) is 38.0. The van der Waals surface area contributed by atoms with E-state index in [0.29, 0.717) is 19.3 Å². The summed E-state index contributed by atoms with van der Waals surface area (Å²) >= 11 is 0. The number of rotatable bonds is 60. The quantitative estimate of drug-likeness (QED) is 0.0261. The fourth-order valence-electron chi connectivity index (χ4n) is 9.91. The number of carbonyl (C=O) groups excluding carboxylic acids is 3. The first-order valence-electron chi connectivity index (χ1n) is 32.2. The van der Waals surface area contributed by atoms with Crippen LogP contribution in [-0.4, -0.2) is 37.2 Å². The third kappa shape index (κ3) is 58.9. The average molecular weight is 1000 g/mol. The Kier molecular flexibility index (Phi) is 59.1. The number of allylic oxidation sites excluding steroid dienone is 2. The van der Waals surface area contributed by atoms with Gasteiger partial charge in [0.1, 0.15) is 13.2 Å². The van der Waals surface area contributed by atoms with Crippen LogP contribution in [0, 0.1) is 0 Å². The van der Waals surface area contributed by atoms with Crippen molar-refractivity contribution in [1.82, 2.24) is 0 Å². The maximum absolute atomic E-state index is 12.8. The van der Waals surface area contributed by atoms with E-state index in [9.17, 15) is 14.4 Å². The summed E-state index contributed by atoms with van der Waals surface area (Å²) in [6.45, 7) is 6.65. The third-order valence-corrected chi connectivity index (χ3v) is 14.8. The number of hydrogen-bond acceptors (Lipinski definition) is 6. The van der Waals surface area contributed by atoms with E-state index < -0.39 is 6.10 Å². The van der Waals surface area contributed by atoms with Crippen molar-refractivity contribution in [2.45, 2.75) is 374 Å². The molecule has 1 atom stereocenters. The molecular formula is C65H124O6. The Labute approximate surface area is 443 Å². The molecule has 0 aromatic heterocycles. The molecule has 0 aliphatic heterocycles. The molecular weight excluding hydrogens is 877 g/mol. The van der Waals surface area contributed by atoms with Crippen LogP contribution in [0.15, 0.2) is 12.2 Å². The van der Waals surface area contributed by atoms with Crippen molar-refractivity contribution >= 4 is 17.9 Å². The molecule has 6 nitrogen and oxygen atoms in total. The molecule has 0 aliphatic carbocycles. The van der Waals surface area contributed by atoms with Crippen LogP contribution in [0.2, 0.25) is 0 Å². The second-order valence-electron chi connectivity index (χ2n) is 22.0. The van der Waals surface area contributed by atoms with Gasteiger partial charge in [-0.05, 0) is 44.9 Å². The first-order chi connectivity index (χ1) is 35.0. The van der Waals surface area contributed by atoms with Crippen LogP contribution in [0.25, 0.3) is 0 Å². The molecule has 0 N–H and O–H groups in total. The summed E-state index contributed by atoms with van der Waals surface area (Å²) in [5.74, 6) is -0.849. The van der Waals surface area contributed by atoms with E-state index in [1.165, 1.54) is 270 Å². The minimum absolute atomic E-state index is 0.0648. The van der Waals surface area contributed by atoms with Gasteiger partial charge < -0.3 is 14.2 Å². The Hall–Kier alpha value is -1.85. The standard InChI is InChI=1S/C65H124O6/c1-4-7-10-13-16-18-20-22-24-26-28-30-32-34-35-37-39-41-43-45-47-49-52-55-58-64(67)70-61-62(60-69-63(66)57-54-51-15-12-9-6-3)71-65(68)59-56-53-50-48-46-44-42-40-38-36-33-31-29-27-25-23-21-19-17-14-11-8-5-2/h27,29,62H,4-26,28,30-61H2,1-3H3/b29-27-. The minimum Gasteiger partial charge on any atom is -0.462 e. The lowest BCUT2D eigenvalue weighted by Gasteiger charge is -2.18. The van der Waals surface area contributed by atoms with Gasteiger partial charge in [0.2, 0.25) is 0 Å². The SMILES string of the molecule is CCCCCCCCCC/C=C\CCCCCCCCCCCCCC(=O)OC(COC(=O)CCCCCCCC)COC(=O)CCCCCCCCCCCCCCCCCCCCCCCCCC. The number of ether oxygens (including phenoxy) is 3. The molecule has 71 heavy (non-hydrogen) atoms. The molecule has 0 saturated heterocycles. The highest BCUT2D eigenvalue weighted by Gasteiger charge is 2.19. The van der Waals surface area contributed by atoms with E-state index in [4.69, 9.17) is 14.2 Å². The molecule has 0 spiro atoms. The van der Waals surface area contributed by atoms with Crippen molar-refractivity contribution in [2.75, 3.05) is 13.2 Å². The van der Waals surface area contributed by atoms with Crippen molar-refractivity contribution in [2.24, 2.45) is 0 Å². The van der Waals surface area contributed by atoms with Crippen molar-refractivity contribution in [1.29, 1.82) is 0 Å².